The van der Waals surface area contributed by atoms with Gasteiger partial charge in [-0.25, -0.2) is 0 Å². The van der Waals surface area contributed by atoms with Crippen LogP contribution < -0.4 is 5.32 Å². The minimum atomic E-state index is -0.381. The van der Waals surface area contributed by atoms with Gasteiger partial charge in [0.2, 0.25) is 0 Å². The molecule has 0 radical (unpaired) electrons. The molecule has 2 heterocycles. The molecule has 0 aliphatic carbocycles. The molecule has 0 bridgehead atoms. The molecule has 1 fully saturated rings. The van der Waals surface area contributed by atoms with Crippen LogP contribution in [0.25, 0.3) is 0 Å². The van der Waals surface area contributed by atoms with E-state index in [0.29, 0.717) is 12.2 Å². The summed E-state index contributed by atoms with van der Waals surface area (Å²) in [6.45, 7) is 3.09. The van der Waals surface area contributed by atoms with E-state index in [1.807, 2.05) is 0 Å². The largest absolute Gasteiger partial charge is 0.498 e. The minimum absolute atomic E-state index is 0.0349. The molecule has 1 amide bonds. The maximum atomic E-state index is 11.5. The maximum absolute atomic E-state index is 11.5. The van der Waals surface area contributed by atoms with E-state index in [1.54, 1.807) is 14.0 Å². The van der Waals surface area contributed by atoms with Crippen molar-refractivity contribution in [3.63, 3.8) is 0 Å². The van der Waals surface area contributed by atoms with Crippen LogP contribution in [0.4, 0.5) is 0 Å². The van der Waals surface area contributed by atoms with Crippen LogP contribution in [0.15, 0.2) is 11.3 Å². The van der Waals surface area contributed by atoms with Crippen molar-refractivity contribution in [1.29, 1.82) is 0 Å². The van der Waals surface area contributed by atoms with Crippen LogP contribution >= 0.6 is 0 Å². The number of methoxy groups -OCH3 is 1. The first-order valence-electron chi connectivity index (χ1n) is 4.85. The van der Waals surface area contributed by atoms with E-state index >= 15 is 0 Å². The number of carbonyl (C=O) groups excluding carboxylic acids is 1. The highest BCUT2D eigenvalue weighted by Gasteiger charge is 2.46. The number of hydrogen-bond acceptors (Lipinski definition) is 3. The Hall–Kier alpha value is -1.03. The van der Waals surface area contributed by atoms with Gasteiger partial charge in [0.1, 0.15) is 11.3 Å². The Morgan fingerprint density at radius 3 is 2.93 bits per heavy atom. The summed E-state index contributed by atoms with van der Waals surface area (Å²) in [5, 5.41) is 2.96. The fourth-order valence-corrected chi connectivity index (χ4v) is 2.25. The van der Waals surface area contributed by atoms with Gasteiger partial charge in [-0.2, -0.15) is 0 Å². The number of amides is 1. The summed E-state index contributed by atoms with van der Waals surface area (Å²) < 4.78 is 10.7. The third kappa shape index (κ3) is 1.21. The van der Waals surface area contributed by atoms with Crippen molar-refractivity contribution in [1.82, 2.24) is 5.32 Å². The van der Waals surface area contributed by atoms with Gasteiger partial charge < -0.3 is 14.8 Å². The van der Waals surface area contributed by atoms with E-state index in [9.17, 15) is 4.79 Å². The summed E-state index contributed by atoms with van der Waals surface area (Å²) in [6, 6.07) is 0. The molecule has 1 unspecified atom stereocenters. The predicted molar refractivity (Wildman–Crippen MR) is 50.6 cm³/mol. The van der Waals surface area contributed by atoms with Crippen molar-refractivity contribution in [3.05, 3.63) is 11.3 Å². The second-order valence-electron chi connectivity index (χ2n) is 3.85. The molecule has 1 N–H and O–H groups in total. The normalized spacial score (nSPS) is 32.3. The molecular formula is C10H15NO3. The van der Waals surface area contributed by atoms with E-state index in [1.165, 1.54) is 0 Å². The lowest BCUT2D eigenvalue weighted by molar-refractivity contribution is -0.119. The van der Waals surface area contributed by atoms with Crippen LogP contribution in [-0.4, -0.2) is 31.8 Å². The molecule has 1 spiro atoms. The van der Waals surface area contributed by atoms with Crippen molar-refractivity contribution < 1.29 is 14.3 Å². The fourth-order valence-electron chi connectivity index (χ4n) is 2.25. The van der Waals surface area contributed by atoms with Crippen LogP contribution in [-0.2, 0) is 14.3 Å². The zero-order valence-electron chi connectivity index (χ0n) is 8.55. The van der Waals surface area contributed by atoms with E-state index in [0.717, 1.165) is 25.2 Å². The molecular weight excluding hydrogens is 182 g/mol. The summed E-state index contributed by atoms with van der Waals surface area (Å²) in [7, 11) is 1.61. The van der Waals surface area contributed by atoms with Gasteiger partial charge in [0, 0.05) is 6.61 Å². The van der Waals surface area contributed by atoms with Gasteiger partial charge in [-0.1, -0.05) is 0 Å². The quantitative estimate of drug-likeness (QED) is 0.669. The predicted octanol–water partition coefficient (Wildman–Crippen LogP) is 0.586. The summed E-state index contributed by atoms with van der Waals surface area (Å²) in [5.74, 6) is 0.717. The number of rotatable bonds is 1. The second-order valence-corrected chi connectivity index (χ2v) is 3.85. The van der Waals surface area contributed by atoms with Crippen LogP contribution in [0.3, 0.4) is 0 Å². The standard InChI is InChI=1S/C10H15NO3/c1-7-8(13-2)10(11-9(7)12)4-3-5-14-6-10/h3-6H2,1-2H3,(H,11,12). The van der Waals surface area contributed by atoms with Gasteiger partial charge >= 0.3 is 0 Å². The number of ether oxygens (including phenoxy) is 2. The molecule has 0 aromatic carbocycles. The van der Waals surface area contributed by atoms with Crippen LogP contribution in [0.1, 0.15) is 19.8 Å². The summed E-state index contributed by atoms with van der Waals surface area (Å²) >= 11 is 0. The molecule has 2 aliphatic rings. The monoisotopic (exact) mass is 197 g/mol. The molecule has 0 saturated carbocycles. The van der Waals surface area contributed by atoms with Gasteiger partial charge in [0.05, 0.1) is 19.3 Å². The zero-order chi connectivity index (χ0) is 10.2. The second kappa shape index (κ2) is 3.28. The lowest BCUT2D eigenvalue weighted by Crippen LogP contribution is -2.51. The first kappa shape index (κ1) is 9.52. The van der Waals surface area contributed by atoms with E-state index < -0.39 is 0 Å². The highest BCUT2D eigenvalue weighted by molar-refractivity contribution is 5.97. The highest BCUT2D eigenvalue weighted by atomic mass is 16.5. The highest BCUT2D eigenvalue weighted by Crippen LogP contribution is 2.34. The molecule has 14 heavy (non-hydrogen) atoms. The van der Waals surface area contributed by atoms with Crippen molar-refractivity contribution in [2.75, 3.05) is 20.3 Å². The number of nitrogens with one attached hydrogen (secondary N) is 1. The van der Waals surface area contributed by atoms with Crippen LogP contribution in [0, 0.1) is 0 Å². The smallest absolute Gasteiger partial charge is 0.251 e. The first-order valence-corrected chi connectivity index (χ1v) is 4.85. The topological polar surface area (TPSA) is 47.6 Å². The Morgan fingerprint density at radius 1 is 1.57 bits per heavy atom. The molecule has 78 valence electrons. The Bertz CT molecular complexity index is 290. The summed E-state index contributed by atoms with van der Waals surface area (Å²) in [5.41, 5.74) is 0.298. The molecule has 0 aromatic rings. The van der Waals surface area contributed by atoms with E-state index in [2.05, 4.69) is 5.32 Å². The Balaban J connectivity index is 2.32. The molecule has 1 atom stereocenters. The van der Waals surface area contributed by atoms with Crippen molar-refractivity contribution in [2.24, 2.45) is 0 Å². The summed E-state index contributed by atoms with van der Waals surface area (Å²) in [6.07, 6.45) is 1.86. The minimum Gasteiger partial charge on any atom is -0.498 e. The first-order chi connectivity index (χ1) is 6.69. The van der Waals surface area contributed by atoms with Crippen molar-refractivity contribution >= 4 is 5.91 Å². The SMILES string of the molecule is COC1=C(C)C(=O)NC12CCCOC2. The third-order valence-corrected chi connectivity index (χ3v) is 2.91. The Labute approximate surface area is 83.3 Å². The summed E-state index contributed by atoms with van der Waals surface area (Å²) in [4.78, 5) is 11.5. The van der Waals surface area contributed by atoms with Gasteiger partial charge in [-0.05, 0) is 19.8 Å². The average molecular weight is 197 g/mol. The van der Waals surface area contributed by atoms with Gasteiger partial charge in [0.15, 0.2) is 0 Å². The number of hydrogen-bond donors (Lipinski definition) is 1. The molecule has 2 aliphatic heterocycles. The van der Waals surface area contributed by atoms with Gasteiger partial charge in [-0.3, -0.25) is 4.79 Å². The van der Waals surface area contributed by atoms with E-state index in [4.69, 9.17) is 9.47 Å². The van der Waals surface area contributed by atoms with Crippen molar-refractivity contribution in [2.45, 2.75) is 25.3 Å². The van der Waals surface area contributed by atoms with Crippen molar-refractivity contribution in [3.8, 4) is 0 Å². The van der Waals surface area contributed by atoms with Crippen LogP contribution in [0.2, 0.25) is 0 Å². The zero-order valence-corrected chi connectivity index (χ0v) is 8.55. The molecule has 4 nitrogen and oxygen atoms in total. The van der Waals surface area contributed by atoms with Gasteiger partial charge in [0.25, 0.3) is 5.91 Å². The Kier molecular flexibility index (Phi) is 2.23. The third-order valence-electron chi connectivity index (χ3n) is 2.91. The molecule has 4 heteroatoms. The molecule has 2 rings (SSSR count). The lowest BCUT2D eigenvalue weighted by atomic mass is 9.91. The van der Waals surface area contributed by atoms with E-state index in [-0.39, 0.29) is 11.4 Å². The van der Waals surface area contributed by atoms with Gasteiger partial charge in [-0.15, -0.1) is 0 Å². The Morgan fingerprint density at radius 2 is 2.36 bits per heavy atom. The fraction of sp³-hybridized carbons (Fsp3) is 0.700. The maximum Gasteiger partial charge on any atom is 0.251 e. The molecule has 1 saturated heterocycles. The number of carbonyl (C=O) groups is 1. The lowest BCUT2D eigenvalue weighted by Gasteiger charge is -2.34. The van der Waals surface area contributed by atoms with Crippen LogP contribution in [0.5, 0.6) is 0 Å². The average Bonchev–Trinajstić information content (AvgIpc) is 2.40. The molecule has 0 aromatic heterocycles.